The van der Waals surface area contributed by atoms with Gasteiger partial charge in [-0.3, -0.25) is 0 Å². The van der Waals surface area contributed by atoms with Gasteiger partial charge < -0.3 is 9.64 Å². The Morgan fingerprint density at radius 3 is 3.00 bits per heavy atom. The normalized spacial score (nSPS) is 19.5. The largest absolute Gasteiger partial charge is 0.374 e. The van der Waals surface area contributed by atoms with Gasteiger partial charge in [0.1, 0.15) is 17.6 Å². The molecule has 0 saturated carbocycles. The third-order valence-corrected chi connectivity index (χ3v) is 3.50. The van der Waals surface area contributed by atoms with Crippen molar-refractivity contribution in [3.05, 3.63) is 17.0 Å². The first kappa shape index (κ1) is 13.6. The summed E-state index contributed by atoms with van der Waals surface area (Å²) in [6.45, 7) is 6.31. The highest BCUT2D eigenvalue weighted by Crippen LogP contribution is 2.27. The molecule has 100 valence electrons. The summed E-state index contributed by atoms with van der Waals surface area (Å²) in [6.07, 6.45) is 3.60. The highest BCUT2D eigenvalue weighted by Gasteiger charge is 2.24. The van der Waals surface area contributed by atoms with E-state index in [0.717, 1.165) is 18.8 Å². The molecule has 1 saturated heterocycles. The Hall–Kier alpha value is -0.870. The minimum absolute atomic E-state index is 0.425. The van der Waals surface area contributed by atoms with E-state index in [4.69, 9.17) is 16.3 Å². The Bertz CT molecular complexity index is 400. The molecule has 0 N–H and O–H groups in total. The predicted octanol–water partition coefficient (Wildman–Crippen LogP) is 3.05. The van der Waals surface area contributed by atoms with Gasteiger partial charge in [0.05, 0.1) is 0 Å². The highest BCUT2D eigenvalue weighted by atomic mass is 35.5. The van der Waals surface area contributed by atoms with E-state index in [-0.39, 0.29) is 0 Å². The van der Waals surface area contributed by atoms with Gasteiger partial charge in [0.2, 0.25) is 0 Å². The second kappa shape index (κ2) is 6.34. The second-order valence-corrected chi connectivity index (χ2v) is 4.89. The smallest absolute Gasteiger partial charge is 0.158 e. The van der Waals surface area contributed by atoms with Crippen molar-refractivity contribution in [2.75, 3.05) is 18.1 Å². The van der Waals surface area contributed by atoms with Crippen molar-refractivity contribution in [3.8, 4) is 0 Å². The molecule has 0 aliphatic carbocycles. The van der Waals surface area contributed by atoms with Crippen molar-refractivity contribution in [1.82, 2.24) is 9.97 Å². The van der Waals surface area contributed by atoms with Crippen LogP contribution in [0.15, 0.2) is 6.07 Å². The first-order chi connectivity index (χ1) is 8.74. The number of hydrogen-bond donors (Lipinski definition) is 0. The van der Waals surface area contributed by atoms with Crippen molar-refractivity contribution in [2.24, 2.45) is 0 Å². The minimum Gasteiger partial charge on any atom is -0.374 e. The van der Waals surface area contributed by atoms with Gasteiger partial charge in [-0.05, 0) is 26.2 Å². The molecule has 4 nitrogen and oxygen atoms in total. The van der Waals surface area contributed by atoms with Crippen molar-refractivity contribution < 1.29 is 4.74 Å². The first-order valence-corrected chi connectivity index (χ1v) is 7.00. The fourth-order valence-corrected chi connectivity index (χ4v) is 2.61. The summed E-state index contributed by atoms with van der Waals surface area (Å²) in [7, 11) is 0. The third-order valence-electron chi connectivity index (χ3n) is 3.31. The van der Waals surface area contributed by atoms with Gasteiger partial charge >= 0.3 is 0 Å². The van der Waals surface area contributed by atoms with E-state index in [2.05, 4.69) is 21.8 Å². The number of aromatic nitrogens is 2. The van der Waals surface area contributed by atoms with Crippen molar-refractivity contribution >= 4 is 17.4 Å². The zero-order valence-electron chi connectivity index (χ0n) is 11.0. The Kier molecular flexibility index (Phi) is 4.78. The molecule has 0 radical (unpaired) electrons. The van der Waals surface area contributed by atoms with Crippen LogP contribution in [0.3, 0.4) is 0 Å². The quantitative estimate of drug-likeness (QED) is 0.770. The minimum atomic E-state index is 0.425. The molecule has 18 heavy (non-hydrogen) atoms. The van der Waals surface area contributed by atoms with Gasteiger partial charge in [0, 0.05) is 25.3 Å². The summed E-state index contributed by atoms with van der Waals surface area (Å²) in [5, 5.41) is 0.497. The molecule has 0 aromatic carbocycles. The van der Waals surface area contributed by atoms with Crippen LogP contribution in [0.2, 0.25) is 5.15 Å². The fraction of sp³-hybridized carbons (Fsp3) is 0.692. The molecule has 0 bridgehead atoms. The maximum atomic E-state index is 6.06. The van der Waals surface area contributed by atoms with Crippen LogP contribution < -0.4 is 4.90 Å². The van der Waals surface area contributed by atoms with Crippen LogP contribution in [0.25, 0.3) is 0 Å². The van der Waals surface area contributed by atoms with Crippen LogP contribution in [-0.4, -0.2) is 29.2 Å². The van der Waals surface area contributed by atoms with E-state index < -0.39 is 0 Å². The van der Waals surface area contributed by atoms with Gasteiger partial charge in [-0.25, -0.2) is 9.97 Å². The van der Waals surface area contributed by atoms with E-state index in [9.17, 15) is 0 Å². The molecule has 1 aliphatic rings. The second-order valence-electron chi connectivity index (χ2n) is 4.50. The van der Waals surface area contributed by atoms with Crippen LogP contribution >= 0.6 is 11.6 Å². The maximum Gasteiger partial charge on any atom is 0.158 e. The number of anilines is 1. The average Bonchev–Trinajstić information content (AvgIpc) is 2.84. The monoisotopic (exact) mass is 269 g/mol. The zero-order valence-corrected chi connectivity index (χ0v) is 11.8. The van der Waals surface area contributed by atoms with Crippen molar-refractivity contribution in [3.63, 3.8) is 0 Å². The van der Waals surface area contributed by atoms with Gasteiger partial charge in [-0.15, -0.1) is 0 Å². The Labute approximate surface area is 113 Å². The van der Waals surface area contributed by atoms with E-state index in [0.29, 0.717) is 30.2 Å². The SMILES string of the molecule is CCOCc1nc(Cl)cc(N2CCCC2CC)n1. The molecule has 1 aliphatic heterocycles. The molecule has 2 rings (SSSR count). The summed E-state index contributed by atoms with van der Waals surface area (Å²) in [6, 6.07) is 2.43. The van der Waals surface area contributed by atoms with Crippen molar-refractivity contribution in [2.45, 2.75) is 45.8 Å². The lowest BCUT2D eigenvalue weighted by Crippen LogP contribution is -2.29. The number of halogens is 1. The maximum absolute atomic E-state index is 6.06. The van der Waals surface area contributed by atoms with Gasteiger partial charge in [0.25, 0.3) is 0 Å². The number of hydrogen-bond acceptors (Lipinski definition) is 4. The predicted molar refractivity (Wildman–Crippen MR) is 73.0 cm³/mol. The average molecular weight is 270 g/mol. The molecule has 5 heteroatoms. The molecule has 1 unspecified atom stereocenters. The lowest BCUT2D eigenvalue weighted by atomic mass is 10.2. The fourth-order valence-electron chi connectivity index (χ4n) is 2.42. The van der Waals surface area contributed by atoms with E-state index in [1.54, 1.807) is 0 Å². The third kappa shape index (κ3) is 3.12. The summed E-state index contributed by atoms with van der Waals surface area (Å²) in [5.74, 6) is 1.61. The summed E-state index contributed by atoms with van der Waals surface area (Å²) >= 11 is 6.06. The van der Waals surface area contributed by atoms with E-state index >= 15 is 0 Å². The zero-order chi connectivity index (χ0) is 13.0. The standard InChI is InChI=1S/C13H20ClN3O/c1-3-10-6-5-7-17(10)13-8-11(14)15-12(16-13)9-18-4-2/h8,10H,3-7,9H2,1-2H3. The number of rotatable bonds is 5. The topological polar surface area (TPSA) is 38.2 Å². The molecule has 0 amide bonds. The van der Waals surface area contributed by atoms with Crippen LogP contribution in [-0.2, 0) is 11.3 Å². The molecule has 1 aromatic rings. The Morgan fingerprint density at radius 1 is 1.44 bits per heavy atom. The summed E-state index contributed by atoms with van der Waals surface area (Å²) in [5.41, 5.74) is 0. The highest BCUT2D eigenvalue weighted by molar-refractivity contribution is 6.29. The molecule has 2 heterocycles. The lowest BCUT2D eigenvalue weighted by Gasteiger charge is -2.25. The van der Waals surface area contributed by atoms with Crippen LogP contribution in [0.1, 0.15) is 38.9 Å². The van der Waals surface area contributed by atoms with E-state index in [1.807, 2.05) is 13.0 Å². The molecule has 1 aromatic heterocycles. The van der Waals surface area contributed by atoms with Gasteiger partial charge in [0.15, 0.2) is 5.82 Å². The molecular weight excluding hydrogens is 250 g/mol. The lowest BCUT2D eigenvalue weighted by molar-refractivity contribution is 0.128. The molecule has 1 atom stereocenters. The van der Waals surface area contributed by atoms with Crippen LogP contribution in [0, 0.1) is 0 Å². The van der Waals surface area contributed by atoms with Crippen molar-refractivity contribution in [1.29, 1.82) is 0 Å². The van der Waals surface area contributed by atoms with Gasteiger partial charge in [-0.1, -0.05) is 18.5 Å². The number of ether oxygens (including phenoxy) is 1. The molecule has 0 spiro atoms. The van der Waals surface area contributed by atoms with Gasteiger partial charge in [-0.2, -0.15) is 0 Å². The number of nitrogens with zero attached hydrogens (tertiary/aromatic N) is 3. The Balaban J connectivity index is 2.18. The Morgan fingerprint density at radius 2 is 2.28 bits per heavy atom. The summed E-state index contributed by atoms with van der Waals surface area (Å²) < 4.78 is 5.34. The summed E-state index contributed by atoms with van der Waals surface area (Å²) in [4.78, 5) is 11.1. The molecule has 1 fully saturated rings. The molecular formula is C13H20ClN3O. The van der Waals surface area contributed by atoms with Crippen LogP contribution in [0.4, 0.5) is 5.82 Å². The first-order valence-electron chi connectivity index (χ1n) is 6.62. The van der Waals surface area contributed by atoms with E-state index in [1.165, 1.54) is 12.8 Å². The van der Waals surface area contributed by atoms with Crippen LogP contribution in [0.5, 0.6) is 0 Å².